The second-order valence-electron chi connectivity index (χ2n) is 6.40. The third kappa shape index (κ3) is 4.99. The highest BCUT2D eigenvalue weighted by atomic mass is 79.9. The predicted octanol–water partition coefficient (Wildman–Crippen LogP) is 4.65. The minimum atomic E-state index is -0.549. The summed E-state index contributed by atoms with van der Waals surface area (Å²) in [4.78, 5) is 11.9. The number of amides is 1. The molecule has 7 heteroatoms. The normalized spacial score (nSPS) is 11.2. The van der Waals surface area contributed by atoms with Crippen molar-refractivity contribution in [3.63, 3.8) is 0 Å². The monoisotopic (exact) mass is 395 g/mol. The molecule has 0 spiro atoms. The van der Waals surface area contributed by atoms with Crippen molar-refractivity contribution in [2.45, 2.75) is 47.0 Å². The Hall–Kier alpha value is -2.02. The van der Waals surface area contributed by atoms with Crippen LogP contribution in [0.4, 0.5) is 10.5 Å². The van der Waals surface area contributed by atoms with E-state index in [9.17, 15) is 4.79 Å². The molecule has 2 rings (SSSR count). The summed E-state index contributed by atoms with van der Waals surface area (Å²) in [6.45, 7) is 9.42. The molecule has 2 aromatic rings. The van der Waals surface area contributed by atoms with Crippen molar-refractivity contribution in [1.82, 2.24) is 9.78 Å². The standard InChI is InChI=1S/C17H22BrN3O3/c1-11-15(19-16(22)24-17(3,4)5)12(2)21(20-11)10-23-14-8-6-13(18)7-9-14/h6-9H,10H2,1-5H3,(H,19,22). The Morgan fingerprint density at radius 3 is 2.46 bits per heavy atom. The van der Waals surface area contributed by atoms with Gasteiger partial charge in [0, 0.05) is 4.47 Å². The first-order valence-corrected chi connectivity index (χ1v) is 8.37. The lowest BCUT2D eigenvalue weighted by Gasteiger charge is -2.19. The van der Waals surface area contributed by atoms with Crippen LogP contribution < -0.4 is 10.1 Å². The average molecular weight is 396 g/mol. The minimum Gasteiger partial charge on any atom is -0.471 e. The van der Waals surface area contributed by atoms with Gasteiger partial charge in [-0.3, -0.25) is 5.32 Å². The van der Waals surface area contributed by atoms with Crippen LogP contribution >= 0.6 is 15.9 Å². The summed E-state index contributed by atoms with van der Waals surface area (Å²) in [6.07, 6.45) is -0.498. The van der Waals surface area contributed by atoms with Crippen LogP contribution in [-0.4, -0.2) is 21.5 Å². The number of hydrogen-bond donors (Lipinski definition) is 1. The first-order valence-electron chi connectivity index (χ1n) is 7.58. The average Bonchev–Trinajstić information content (AvgIpc) is 2.72. The fourth-order valence-electron chi connectivity index (χ4n) is 2.08. The minimum absolute atomic E-state index is 0.254. The highest BCUT2D eigenvalue weighted by Gasteiger charge is 2.19. The van der Waals surface area contributed by atoms with E-state index in [0.717, 1.165) is 15.9 Å². The van der Waals surface area contributed by atoms with Gasteiger partial charge in [-0.15, -0.1) is 0 Å². The third-order valence-corrected chi connectivity index (χ3v) is 3.70. The number of nitrogens with one attached hydrogen (secondary N) is 1. The molecule has 0 atom stereocenters. The van der Waals surface area contributed by atoms with Crippen LogP contribution in [0, 0.1) is 13.8 Å². The maximum Gasteiger partial charge on any atom is 0.412 e. The summed E-state index contributed by atoms with van der Waals surface area (Å²) in [5.74, 6) is 0.743. The molecule has 0 saturated heterocycles. The van der Waals surface area contributed by atoms with E-state index in [1.54, 1.807) is 4.68 Å². The molecule has 24 heavy (non-hydrogen) atoms. The number of nitrogens with zero attached hydrogens (tertiary/aromatic N) is 2. The van der Waals surface area contributed by atoms with Crippen molar-refractivity contribution in [1.29, 1.82) is 0 Å². The molecule has 1 amide bonds. The Labute approximate surface area is 150 Å². The first-order chi connectivity index (χ1) is 11.2. The fourth-order valence-corrected chi connectivity index (χ4v) is 2.34. The number of ether oxygens (including phenoxy) is 2. The number of aromatic nitrogens is 2. The van der Waals surface area contributed by atoms with Gasteiger partial charge in [0.1, 0.15) is 11.4 Å². The molecule has 0 unspecified atom stereocenters. The van der Waals surface area contributed by atoms with Gasteiger partial charge in [-0.05, 0) is 58.9 Å². The topological polar surface area (TPSA) is 65.4 Å². The Balaban J connectivity index is 2.05. The number of anilines is 1. The van der Waals surface area contributed by atoms with Crippen LogP contribution in [0.1, 0.15) is 32.2 Å². The summed E-state index contributed by atoms with van der Waals surface area (Å²) < 4.78 is 13.7. The van der Waals surface area contributed by atoms with Crippen molar-refractivity contribution in [2.24, 2.45) is 0 Å². The van der Waals surface area contributed by atoms with Gasteiger partial charge in [0.15, 0.2) is 6.73 Å². The van der Waals surface area contributed by atoms with Crippen molar-refractivity contribution in [2.75, 3.05) is 5.32 Å². The molecule has 0 aliphatic carbocycles. The summed E-state index contributed by atoms with van der Waals surface area (Å²) in [5, 5.41) is 7.16. The van der Waals surface area contributed by atoms with Gasteiger partial charge in [0.25, 0.3) is 0 Å². The molecule has 1 heterocycles. The second kappa shape index (κ2) is 7.25. The number of benzene rings is 1. The van der Waals surface area contributed by atoms with Crippen LogP contribution in [0.25, 0.3) is 0 Å². The molecule has 130 valence electrons. The molecule has 1 N–H and O–H groups in total. The Bertz CT molecular complexity index is 718. The molecule has 0 bridgehead atoms. The number of halogens is 1. The summed E-state index contributed by atoms with van der Waals surface area (Å²) in [5.41, 5.74) is 1.60. The van der Waals surface area contributed by atoms with Gasteiger partial charge in [-0.25, -0.2) is 9.48 Å². The zero-order valence-corrected chi connectivity index (χ0v) is 16.1. The number of rotatable bonds is 4. The molecular weight excluding hydrogens is 374 g/mol. The Morgan fingerprint density at radius 2 is 1.88 bits per heavy atom. The van der Waals surface area contributed by atoms with E-state index in [1.807, 2.05) is 58.9 Å². The van der Waals surface area contributed by atoms with Crippen molar-refractivity contribution in [3.8, 4) is 5.75 Å². The van der Waals surface area contributed by atoms with E-state index in [2.05, 4.69) is 26.3 Å². The Morgan fingerprint density at radius 1 is 1.25 bits per heavy atom. The fraction of sp³-hybridized carbons (Fsp3) is 0.412. The van der Waals surface area contributed by atoms with Gasteiger partial charge in [-0.1, -0.05) is 15.9 Å². The molecular formula is C17H22BrN3O3. The Kier molecular flexibility index (Phi) is 5.54. The first kappa shape index (κ1) is 18.3. The predicted molar refractivity (Wildman–Crippen MR) is 96.3 cm³/mol. The van der Waals surface area contributed by atoms with E-state index in [-0.39, 0.29) is 6.73 Å². The van der Waals surface area contributed by atoms with Crippen molar-refractivity contribution in [3.05, 3.63) is 40.1 Å². The van der Waals surface area contributed by atoms with Crippen LogP contribution in [0.3, 0.4) is 0 Å². The molecule has 1 aromatic carbocycles. The van der Waals surface area contributed by atoms with E-state index >= 15 is 0 Å². The molecule has 0 fully saturated rings. The molecule has 0 saturated carbocycles. The van der Waals surface area contributed by atoms with Gasteiger partial charge >= 0.3 is 6.09 Å². The zero-order valence-electron chi connectivity index (χ0n) is 14.5. The van der Waals surface area contributed by atoms with Crippen LogP contribution in [0.15, 0.2) is 28.7 Å². The third-order valence-electron chi connectivity index (χ3n) is 3.17. The molecule has 1 aromatic heterocycles. The lowest BCUT2D eigenvalue weighted by molar-refractivity contribution is 0.0635. The molecule has 6 nitrogen and oxygen atoms in total. The summed E-state index contributed by atoms with van der Waals surface area (Å²) in [6, 6.07) is 7.56. The second-order valence-corrected chi connectivity index (χ2v) is 7.32. The van der Waals surface area contributed by atoms with E-state index in [1.165, 1.54) is 0 Å². The lowest BCUT2D eigenvalue weighted by atomic mass is 10.2. The van der Waals surface area contributed by atoms with E-state index in [4.69, 9.17) is 9.47 Å². The zero-order chi connectivity index (χ0) is 17.9. The quantitative estimate of drug-likeness (QED) is 0.818. The largest absolute Gasteiger partial charge is 0.471 e. The van der Waals surface area contributed by atoms with Crippen molar-refractivity contribution >= 4 is 27.7 Å². The molecule has 0 radical (unpaired) electrons. The van der Waals surface area contributed by atoms with Gasteiger partial charge in [0.05, 0.1) is 17.1 Å². The molecule has 0 aliphatic heterocycles. The number of hydrogen-bond acceptors (Lipinski definition) is 4. The summed E-state index contributed by atoms with van der Waals surface area (Å²) in [7, 11) is 0. The highest BCUT2D eigenvalue weighted by Crippen LogP contribution is 2.22. The molecule has 0 aliphatic rings. The number of carbonyl (C=O) groups is 1. The highest BCUT2D eigenvalue weighted by molar-refractivity contribution is 9.10. The van der Waals surface area contributed by atoms with Gasteiger partial charge in [-0.2, -0.15) is 5.10 Å². The van der Waals surface area contributed by atoms with Gasteiger partial charge < -0.3 is 9.47 Å². The number of aryl methyl sites for hydroxylation is 1. The lowest BCUT2D eigenvalue weighted by Crippen LogP contribution is -2.27. The maximum atomic E-state index is 11.9. The maximum absolute atomic E-state index is 11.9. The number of carbonyl (C=O) groups excluding carboxylic acids is 1. The summed E-state index contributed by atoms with van der Waals surface area (Å²) >= 11 is 3.38. The van der Waals surface area contributed by atoms with E-state index < -0.39 is 11.7 Å². The smallest absolute Gasteiger partial charge is 0.412 e. The van der Waals surface area contributed by atoms with E-state index in [0.29, 0.717) is 11.4 Å². The van der Waals surface area contributed by atoms with Crippen LogP contribution in [0.2, 0.25) is 0 Å². The van der Waals surface area contributed by atoms with Crippen LogP contribution in [-0.2, 0) is 11.5 Å². The SMILES string of the molecule is Cc1nn(COc2ccc(Br)cc2)c(C)c1NC(=O)OC(C)(C)C. The van der Waals surface area contributed by atoms with Crippen LogP contribution in [0.5, 0.6) is 5.75 Å². The van der Waals surface area contributed by atoms with Gasteiger partial charge in [0.2, 0.25) is 0 Å². The van der Waals surface area contributed by atoms with Crippen molar-refractivity contribution < 1.29 is 14.3 Å².